The van der Waals surface area contributed by atoms with Gasteiger partial charge < -0.3 is 19.9 Å². The number of fused-ring (bicyclic) bond motifs is 1. The minimum Gasteiger partial charge on any atom is -0.489 e. The molecule has 5 fully saturated rings. The highest BCUT2D eigenvalue weighted by atomic mass is 35.5. The average Bonchev–Trinajstić information content (AvgIpc) is 4.11. The number of aromatic nitrogens is 2. The van der Waals surface area contributed by atoms with Crippen molar-refractivity contribution < 1.29 is 19.1 Å². The summed E-state index contributed by atoms with van der Waals surface area (Å²) in [4.78, 5) is 59.0. The molecule has 4 aromatic rings. The standard InChI is InChI=1S/C48H55ClN8O5/c1-47(2)45(48(3,4)46(47)62-35-13-9-32(27-50)38(49)26-35)52-42(59)31-7-10-33(11-8-31)55-19-17-29(18-20-55)28-54-21-23-56(24-22-54)34-12-14-36-37(25-34)41(30-5-6-30)53-57(44(36)61)39-15-16-40(58)51-43(39)60/h7-14,25-26,29-30,39,45-46H,5-6,15-24,28H2,1-4H3,(H,52,59)(H,51,58,60)/t39-,45-,46-/m1/s1. The van der Waals surface area contributed by atoms with E-state index in [4.69, 9.17) is 21.4 Å². The van der Waals surface area contributed by atoms with E-state index in [1.54, 1.807) is 18.2 Å². The van der Waals surface area contributed by atoms with Crippen LogP contribution in [0.4, 0.5) is 11.4 Å². The first-order chi connectivity index (χ1) is 29.7. The lowest BCUT2D eigenvalue weighted by molar-refractivity contribution is -0.164. The zero-order chi connectivity index (χ0) is 43.5. The fraction of sp³-hybridized carbons (Fsp3) is 0.500. The number of imide groups is 1. The summed E-state index contributed by atoms with van der Waals surface area (Å²) in [6.07, 6.45) is 4.56. The van der Waals surface area contributed by atoms with Crippen molar-refractivity contribution in [2.75, 3.05) is 55.6 Å². The molecule has 5 aliphatic rings. The number of benzene rings is 3. The lowest BCUT2D eigenvalue weighted by Crippen LogP contribution is -2.74. The third-order valence-electron chi connectivity index (χ3n) is 14.2. The molecule has 3 aliphatic heterocycles. The van der Waals surface area contributed by atoms with Gasteiger partial charge in [-0.15, -0.1) is 0 Å². The Morgan fingerprint density at radius 3 is 2.18 bits per heavy atom. The number of halogens is 1. The molecular formula is C48H55ClN8O5. The van der Waals surface area contributed by atoms with E-state index in [1.807, 2.05) is 24.3 Å². The highest BCUT2D eigenvalue weighted by Crippen LogP contribution is 2.55. The van der Waals surface area contributed by atoms with Crippen molar-refractivity contribution in [3.05, 3.63) is 92.9 Å². The van der Waals surface area contributed by atoms with Crippen molar-refractivity contribution in [2.45, 2.75) is 90.3 Å². The van der Waals surface area contributed by atoms with Gasteiger partial charge in [0.05, 0.1) is 21.7 Å². The van der Waals surface area contributed by atoms with E-state index in [2.05, 4.69) is 77.3 Å². The molecule has 2 saturated carbocycles. The number of piperidine rings is 2. The third-order valence-corrected chi connectivity index (χ3v) is 14.5. The van der Waals surface area contributed by atoms with E-state index in [-0.39, 0.29) is 59.1 Å². The van der Waals surface area contributed by atoms with Crippen LogP contribution in [0.15, 0.2) is 65.5 Å². The number of hydrogen-bond donors (Lipinski definition) is 2. The number of hydrogen-bond acceptors (Lipinski definition) is 10. The van der Waals surface area contributed by atoms with Crippen LogP contribution in [0.5, 0.6) is 5.75 Å². The van der Waals surface area contributed by atoms with E-state index in [1.165, 1.54) is 4.68 Å². The van der Waals surface area contributed by atoms with Crippen molar-refractivity contribution in [3.8, 4) is 11.8 Å². The summed E-state index contributed by atoms with van der Waals surface area (Å²) < 4.78 is 7.72. The van der Waals surface area contributed by atoms with E-state index in [0.29, 0.717) is 33.2 Å². The fourth-order valence-electron chi connectivity index (χ4n) is 10.8. The summed E-state index contributed by atoms with van der Waals surface area (Å²) in [7, 11) is 0. The number of nitriles is 1. The molecule has 3 aromatic carbocycles. The van der Waals surface area contributed by atoms with Gasteiger partial charge in [0.15, 0.2) is 0 Å². The number of carbonyl (C=O) groups is 3. The third kappa shape index (κ3) is 7.92. The van der Waals surface area contributed by atoms with Crippen LogP contribution in [-0.4, -0.2) is 90.4 Å². The Labute approximate surface area is 367 Å². The predicted octanol–water partition coefficient (Wildman–Crippen LogP) is 6.43. The van der Waals surface area contributed by atoms with Crippen molar-refractivity contribution in [2.24, 2.45) is 16.7 Å². The summed E-state index contributed by atoms with van der Waals surface area (Å²) in [6, 6.07) is 20.3. The lowest BCUT2D eigenvalue weighted by atomic mass is 9.49. The summed E-state index contributed by atoms with van der Waals surface area (Å²) >= 11 is 6.27. The second-order valence-electron chi connectivity index (χ2n) is 19.2. The quantitative estimate of drug-likeness (QED) is 0.171. The molecule has 0 radical (unpaired) electrons. The molecule has 0 bridgehead atoms. The molecular weight excluding hydrogens is 804 g/mol. The molecule has 324 valence electrons. The van der Waals surface area contributed by atoms with Crippen molar-refractivity contribution in [1.82, 2.24) is 25.3 Å². The maximum Gasteiger partial charge on any atom is 0.275 e. The number of anilines is 2. The molecule has 14 heteroatoms. The van der Waals surface area contributed by atoms with Crippen LogP contribution in [-0.2, 0) is 9.59 Å². The lowest BCUT2D eigenvalue weighted by Gasteiger charge is -2.63. The molecule has 0 spiro atoms. The summed E-state index contributed by atoms with van der Waals surface area (Å²) in [5.74, 6) is 0.640. The summed E-state index contributed by atoms with van der Waals surface area (Å²) in [5.41, 5.74) is 3.18. The largest absolute Gasteiger partial charge is 0.489 e. The van der Waals surface area contributed by atoms with Gasteiger partial charge in [0.1, 0.15) is 24.0 Å². The summed E-state index contributed by atoms with van der Waals surface area (Å²) in [5, 5.41) is 21.5. The first-order valence-corrected chi connectivity index (χ1v) is 22.5. The number of ether oxygens (including phenoxy) is 1. The van der Waals surface area contributed by atoms with Crippen LogP contribution in [0.25, 0.3) is 10.8 Å². The van der Waals surface area contributed by atoms with Gasteiger partial charge in [-0.05, 0) is 92.6 Å². The molecule has 4 heterocycles. The molecule has 3 saturated heterocycles. The monoisotopic (exact) mass is 858 g/mol. The van der Waals surface area contributed by atoms with Crippen LogP contribution >= 0.6 is 11.6 Å². The fourth-order valence-corrected chi connectivity index (χ4v) is 11.0. The highest BCUT2D eigenvalue weighted by molar-refractivity contribution is 6.31. The molecule has 0 unspecified atom stereocenters. The minimum absolute atomic E-state index is 0.0988. The molecule has 13 nitrogen and oxygen atoms in total. The maximum atomic E-state index is 13.6. The van der Waals surface area contributed by atoms with Gasteiger partial charge in [0.25, 0.3) is 17.4 Å². The van der Waals surface area contributed by atoms with Gasteiger partial charge in [-0.1, -0.05) is 39.3 Å². The van der Waals surface area contributed by atoms with Crippen molar-refractivity contribution in [3.63, 3.8) is 0 Å². The molecule has 2 N–H and O–H groups in total. The number of carbonyl (C=O) groups excluding carboxylic acids is 3. The van der Waals surface area contributed by atoms with Crippen LogP contribution in [0, 0.1) is 28.1 Å². The van der Waals surface area contributed by atoms with Gasteiger partial charge in [-0.2, -0.15) is 10.4 Å². The van der Waals surface area contributed by atoms with Crippen molar-refractivity contribution in [1.29, 1.82) is 5.26 Å². The van der Waals surface area contributed by atoms with Gasteiger partial charge in [0.2, 0.25) is 5.91 Å². The second kappa shape index (κ2) is 16.3. The first kappa shape index (κ1) is 41.9. The van der Waals surface area contributed by atoms with E-state index in [0.717, 1.165) is 94.0 Å². The molecule has 62 heavy (non-hydrogen) atoms. The van der Waals surface area contributed by atoms with Gasteiger partial charge >= 0.3 is 0 Å². The number of nitrogens with zero attached hydrogens (tertiary/aromatic N) is 6. The Morgan fingerprint density at radius 2 is 1.53 bits per heavy atom. The number of nitrogens with one attached hydrogen (secondary N) is 2. The number of amides is 3. The van der Waals surface area contributed by atoms with Crippen LogP contribution in [0.1, 0.15) is 99.8 Å². The van der Waals surface area contributed by atoms with Crippen LogP contribution in [0.3, 0.4) is 0 Å². The molecule has 9 rings (SSSR count). The minimum atomic E-state index is -0.770. The Hall–Kier alpha value is -5.45. The maximum absolute atomic E-state index is 13.6. The first-order valence-electron chi connectivity index (χ1n) is 22.1. The number of rotatable bonds is 10. The Morgan fingerprint density at radius 1 is 0.855 bits per heavy atom. The van der Waals surface area contributed by atoms with Gasteiger partial charge in [-0.3, -0.25) is 29.4 Å². The Kier molecular flexibility index (Phi) is 11.0. The van der Waals surface area contributed by atoms with Crippen molar-refractivity contribution >= 4 is 51.5 Å². The topological polar surface area (TPSA) is 153 Å². The molecule has 2 aliphatic carbocycles. The van der Waals surface area contributed by atoms with E-state index >= 15 is 0 Å². The second-order valence-corrected chi connectivity index (χ2v) is 19.6. The van der Waals surface area contributed by atoms with Crippen LogP contribution in [0.2, 0.25) is 5.02 Å². The molecule has 1 aromatic heterocycles. The van der Waals surface area contributed by atoms with Gasteiger partial charge in [-0.25, -0.2) is 4.68 Å². The van der Waals surface area contributed by atoms with E-state index in [9.17, 15) is 24.4 Å². The normalized spacial score (nSPS) is 24.0. The Balaban J connectivity index is 0.754. The zero-order valence-corrected chi connectivity index (χ0v) is 36.7. The molecule has 1 atom stereocenters. The SMILES string of the molecule is CC1(C)[C@H](NC(=O)c2ccc(N3CCC(CN4CCN(c5ccc6c(=O)n([C@@H]7CCC(=O)NC7=O)nc(C7CC7)c6c5)CC4)CC3)cc2)C(C)(C)[C@H]1Oc1ccc(C#N)c(Cl)c1. The van der Waals surface area contributed by atoms with E-state index < -0.39 is 11.9 Å². The molecule has 3 amide bonds. The predicted molar refractivity (Wildman–Crippen MR) is 239 cm³/mol. The zero-order valence-electron chi connectivity index (χ0n) is 36.0. The smallest absolute Gasteiger partial charge is 0.275 e. The van der Waals surface area contributed by atoms with Gasteiger partial charge in [0, 0.05) is 103 Å². The highest BCUT2D eigenvalue weighted by Gasteiger charge is 2.64. The Bertz CT molecular complexity index is 2500. The number of piperazine rings is 1. The summed E-state index contributed by atoms with van der Waals surface area (Å²) in [6.45, 7) is 15.2. The average molecular weight is 859 g/mol. The van der Waals surface area contributed by atoms with Crippen LogP contribution < -0.4 is 30.7 Å².